The quantitative estimate of drug-likeness (QED) is 0.330. The fourth-order valence-electron chi connectivity index (χ4n) is 3.23. The number of aryl methyl sites for hydroxylation is 3. The Kier molecular flexibility index (Phi) is 5.57. The summed E-state index contributed by atoms with van der Waals surface area (Å²) in [6.45, 7) is 6.14. The van der Waals surface area contributed by atoms with E-state index in [-0.39, 0.29) is 0 Å². The molecule has 0 aromatic heterocycles. The standard InChI is InChI=1S/C23H22BrN3/c1-15-7-4-5-10-20(15)23(26)27(21-16(2)8-6-9-17(21)3)22(25)18-11-13-19(24)14-12-18/h4-14,25-26H,1-3H3/p+1. The molecule has 0 aliphatic rings. The molecule has 3 N–H and O–H groups in total. The first-order chi connectivity index (χ1) is 12.9. The zero-order valence-electron chi connectivity index (χ0n) is 15.8. The predicted molar refractivity (Wildman–Crippen MR) is 116 cm³/mol. The number of hydrogen-bond acceptors (Lipinski definition) is 1. The monoisotopic (exact) mass is 420 g/mol. The average Bonchev–Trinajstić information content (AvgIpc) is 2.65. The fourth-order valence-corrected chi connectivity index (χ4v) is 3.49. The van der Waals surface area contributed by atoms with Crippen molar-refractivity contribution in [2.75, 3.05) is 0 Å². The van der Waals surface area contributed by atoms with Gasteiger partial charge in [0.25, 0.3) is 5.84 Å². The van der Waals surface area contributed by atoms with Crippen molar-refractivity contribution in [3.63, 3.8) is 0 Å². The van der Waals surface area contributed by atoms with Crippen LogP contribution in [-0.4, -0.2) is 16.2 Å². The zero-order valence-corrected chi connectivity index (χ0v) is 17.3. The summed E-state index contributed by atoms with van der Waals surface area (Å²) in [5, 5.41) is 8.95. The summed E-state index contributed by atoms with van der Waals surface area (Å²) in [6.07, 6.45) is 0. The highest BCUT2D eigenvalue weighted by molar-refractivity contribution is 9.10. The SMILES string of the molecule is Cc1ccccc1C(N)=[N+](C(=N)c1ccc(Br)cc1)c1c(C)cccc1C. The Labute approximate surface area is 168 Å². The molecule has 0 amide bonds. The Morgan fingerprint density at radius 3 is 1.96 bits per heavy atom. The van der Waals surface area contributed by atoms with Crippen LogP contribution in [0.3, 0.4) is 0 Å². The topological polar surface area (TPSA) is 52.9 Å². The summed E-state index contributed by atoms with van der Waals surface area (Å²) in [7, 11) is 0. The molecule has 0 spiro atoms. The molecule has 0 aliphatic carbocycles. The van der Waals surface area contributed by atoms with E-state index in [0.29, 0.717) is 11.7 Å². The molecular weight excluding hydrogens is 398 g/mol. The van der Waals surface area contributed by atoms with E-state index in [4.69, 9.17) is 11.1 Å². The third-order valence-corrected chi connectivity index (χ3v) is 5.19. The molecule has 0 unspecified atom stereocenters. The van der Waals surface area contributed by atoms with Crippen LogP contribution in [-0.2, 0) is 0 Å². The van der Waals surface area contributed by atoms with Crippen LogP contribution in [0.4, 0.5) is 5.69 Å². The van der Waals surface area contributed by atoms with Crippen LogP contribution in [0.25, 0.3) is 0 Å². The summed E-state index contributed by atoms with van der Waals surface area (Å²) >= 11 is 3.46. The fraction of sp³-hybridized carbons (Fsp3) is 0.130. The lowest BCUT2D eigenvalue weighted by atomic mass is 10.0. The van der Waals surface area contributed by atoms with Gasteiger partial charge < -0.3 is 5.73 Å². The number of nitrogens with zero attached hydrogens (tertiary/aromatic N) is 1. The van der Waals surface area contributed by atoms with Gasteiger partial charge in [0.05, 0.1) is 11.1 Å². The Balaban J connectivity index is 2.30. The molecule has 0 saturated carbocycles. The van der Waals surface area contributed by atoms with Crippen molar-refractivity contribution in [1.82, 2.24) is 0 Å². The van der Waals surface area contributed by atoms with E-state index in [0.717, 1.165) is 38.0 Å². The normalized spacial score (nSPS) is 11.9. The van der Waals surface area contributed by atoms with Crippen molar-refractivity contribution in [2.24, 2.45) is 5.73 Å². The Hall–Kier alpha value is -2.72. The second-order valence-corrected chi connectivity index (χ2v) is 7.55. The van der Waals surface area contributed by atoms with E-state index in [1.165, 1.54) is 0 Å². The van der Waals surface area contributed by atoms with Crippen LogP contribution in [0.5, 0.6) is 0 Å². The summed E-state index contributed by atoms with van der Waals surface area (Å²) in [4.78, 5) is 0. The van der Waals surface area contributed by atoms with Crippen LogP contribution in [0.15, 0.2) is 71.2 Å². The van der Waals surface area contributed by atoms with Gasteiger partial charge in [0.2, 0.25) is 5.84 Å². The molecule has 0 atom stereocenters. The Morgan fingerprint density at radius 2 is 1.37 bits per heavy atom. The second kappa shape index (κ2) is 7.89. The molecule has 0 saturated heterocycles. The second-order valence-electron chi connectivity index (χ2n) is 6.63. The van der Waals surface area contributed by atoms with Gasteiger partial charge in [-0.15, -0.1) is 0 Å². The minimum atomic E-state index is 0.348. The van der Waals surface area contributed by atoms with Crippen molar-refractivity contribution in [1.29, 1.82) is 5.41 Å². The van der Waals surface area contributed by atoms with Crippen LogP contribution in [0.1, 0.15) is 27.8 Å². The molecule has 3 rings (SSSR count). The van der Waals surface area contributed by atoms with Crippen molar-refractivity contribution in [2.45, 2.75) is 20.8 Å². The molecule has 0 bridgehead atoms. The largest absolute Gasteiger partial charge is 0.318 e. The maximum atomic E-state index is 8.95. The highest BCUT2D eigenvalue weighted by Gasteiger charge is 2.23. The van der Waals surface area contributed by atoms with Gasteiger partial charge in [0.15, 0.2) is 0 Å². The third kappa shape index (κ3) is 3.86. The minimum Gasteiger partial charge on any atom is -0.318 e. The molecular formula is C23H23BrN3+. The van der Waals surface area contributed by atoms with Gasteiger partial charge in [0, 0.05) is 4.47 Å². The van der Waals surface area contributed by atoms with Gasteiger partial charge >= 0.3 is 0 Å². The smallest absolute Gasteiger partial charge is 0.266 e. The van der Waals surface area contributed by atoms with Gasteiger partial charge in [-0.3, -0.25) is 0 Å². The number of halogens is 1. The number of nitrogens with one attached hydrogen (secondary N) is 1. The molecule has 0 heterocycles. The van der Waals surface area contributed by atoms with Gasteiger partial charge in [-0.1, -0.05) is 52.3 Å². The highest BCUT2D eigenvalue weighted by Crippen LogP contribution is 2.26. The van der Waals surface area contributed by atoms with Crippen molar-refractivity contribution in [3.8, 4) is 0 Å². The highest BCUT2D eigenvalue weighted by atomic mass is 79.9. The number of hydrogen-bond donors (Lipinski definition) is 2. The van der Waals surface area contributed by atoms with E-state index in [9.17, 15) is 0 Å². The third-order valence-electron chi connectivity index (χ3n) is 4.67. The molecule has 3 nitrogen and oxygen atoms in total. The first-order valence-corrected chi connectivity index (χ1v) is 9.58. The molecule has 136 valence electrons. The number of nitrogens with two attached hydrogens (primary N) is 1. The zero-order chi connectivity index (χ0) is 19.6. The lowest BCUT2D eigenvalue weighted by molar-refractivity contribution is -0.308. The van der Waals surface area contributed by atoms with Gasteiger partial charge in [-0.25, -0.2) is 0 Å². The van der Waals surface area contributed by atoms with Crippen LogP contribution >= 0.6 is 15.9 Å². The molecule has 3 aromatic rings. The Morgan fingerprint density at radius 1 is 0.815 bits per heavy atom. The van der Waals surface area contributed by atoms with E-state index in [1.807, 2.05) is 66.1 Å². The number of rotatable bonds is 3. The van der Waals surface area contributed by atoms with E-state index in [2.05, 4.69) is 41.9 Å². The molecule has 3 aromatic carbocycles. The van der Waals surface area contributed by atoms with Gasteiger partial charge in [-0.2, -0.15) is 9.98 Å². The maximum absolute atomic E-state index is 8.95. The number of para-hydroxylation sites is 1. The van der Waals surface area contributed by atoms with Gasteiger partial charge in [-0.05, 0) is 67.8 Å². The van der Waals surface area contributed by atoms with E-state index >= 15 is 0 Å². The minimum absolute atomic E-state index is 0.348. The predicted octanol–water partition coefficient (Wildman–Crippen LogP) is 5.45. The summed E-state index contributed by atoms with van der Waals surface area (Å²) in [6, 6.07) is 21.9. The van der Waals surface area contributed by atoms with E-state index in [1.54, 1.807) is 0 Å². The number of benzene rings is 3. The summed E-state index contributed by atoms with van der Waals surface area (Å²) in [5.74, 6) is 0.902. The van der Waals surface area contributed by atoms with Crippen LogP contribution < -0.4 is 5.73 Å². The average molecular weight is 421 g/mol. The molecule has 0 aliphatic heterocycles. The van der Waals surface area contributed by atoms with Crippen molar-refractivity contribution in [3.05, 3.63) is 99.0 Å². The summed E-state index contributed by atoms with van der Waals surface area (Å²) < 4.78 is 2.84. The first-order valence-electron chi connectivity index (χ1n) is 8.79. The van der Waals surface area contributed by atoms with Crippen LogP contribution in [0, 0.1) is 26.2 Å². The van der Waals surface area contributed by atoms with Gasteiger partial charge in [0.1, 0.15) is 5.69 Å². The van der Waals surface area contributed by atoms with E-state index < -0.39 is 0 Å². The Bertz CT molecular complexity index is 1010. The maximum Gasteiger partial charge on any atom is 0.266 e. The lowest BCUT2D eigenvalue weighted by Gasteiger charge is -2.17. The summed E-state index contributed by atoms with van der Waals surface area (Å²) in [5.41, 5.74) is 12.6. The molecule has 0 fully saturated rings. The molecule has 27 heavy (non-hydrogen) atoms. The van der Waals surface area contributed by atoms with Crippen molar-refractivity contribution >= 4 is 33.3 Å². The number of amidine groups is 2. The van der Waals surface area contributed by atoms with Crippen LogP contribution in [0.2, 0.25) is 0 Å². The molecule has 4 heteroatoms. The van der Waals surface area contributed by atoms with Crippen molar-refractivity contribution < 1.29 is 4.58 Å². The lowest BCUT2D eigenvalue weighted by Crippen LogP contribution is -2.32. The first kappa shape index (κ1) is 19.1. The molecule has 0 radical (unpaired) electrons.